The van der Waals surface area contributed by atoms with Crippen LogP contribution in [-0.4, -0.2) is 32.2 Å². The first-order valence-corrected chi connectivity index (χ1v) is 31.5. The van der Waals surface area contributed by atoms with Crippen LogP contribution >= 0.6 is 0 Å². The van der Waals surface area contributed by atoms with E-state index in [1.807, 2.05) is 12.1 Å². The molecule has 6 N–H and O–H groups in total. The molecule has 0 atom stereocenters. The minimum atomic E-state index is -1.49. The lowest BCUT2D eigenvalue weighted by atomic mass is 9.47. The van der Waals surface area contributed by atoms with Gasteiger partial charge in [-0.25, -0.2) is 0 Å². The van der Waals surface area contributed by atoms with E-state index >= 15 is 0 Å². The van der Waals surface area contributed by atoms with Crippen molar-refractivity contribution >= 4 is 23.2 Å². The molecule has 8 bridgehead atoms. The molecule has 2 amide bonds. The minimum Gasteiger partial charge on any atom is -0.508 e. The van der Waals surface area contributed by atoms with Gasteiger partial charge in [-0.2, -0.15) is 0 Å². The number of hydrogen-bond acceptors (Lipinski definition) is 6. The van der Waals surface area contributed by atoms with Crippen molar-refractivity contribution in [3.8, 4) is 130 Å². The van der Waals surface area contributed by atoms with Crippen molar-refractivity contribution in [2.45, 2.75) is 93.3 Å². The van der Waals surface area contributed by atoms with Crippen molar-refractivity contribution in [2.75, 3.05) is 10.6 Å². The lowest BCUT2D eigenvalue weighted by Crippen LogP contribution is -2.48. The highest BCUT2D eigenvalue weighted by Gasteiger charge is 2.56. The first-order valence-electron chi connectivity index (χ1n) is 31.5. The SMILES string of the molecule is C#Cc1cccc(C(=O)Nc2c(-c3cc(O)ccc3C3(c4ccc(O)cc4-c4cc(C#C)c(O)c(C#C)c4NC(=O)c4cccc(C#C)c4)c4cc(C56CC7CC(CC(C7)C5)C6)ccc4-c4ccc(C56CC7CC(CC(C7)C5)C6)cc43)cc(C#C)c(O)c2C#C)c1. The van der Waals surface area contributed by atoms with Crippen LogP contribution in [0.1, 0.15) is 165 Å². The predicted molar refractivity (Wildman–Crippen MR) is 357 cm³/mol. The van der Waals surface area contributed by atoms with E-state index in [1.165, 1.54) is 49.7 Å². The van der Waals surface area contributed by atoms with E-state index in [4.69, 9.17) is 38.5 Å². The van der Waals surface area contributed by atoms with Gasteiger partial charge in [-0.05, 0) is 252 Å². The molecular weight excluding hydrogens is 1120 g/mol. The summed E-state index contributed by atoms with van der Waals surface area (Å²) >= 11 is 0. The number of carbonyl (C=O) groups excluding carboxylic acids is 2. The van der Waals surface area contributed by atoms with Crippen LogP contribution in [0.4, 0.5) is 11.4 Å². The standard InChI is InChI=1S/C83H64N2O6/c1-7-47-15-13-17-57(33-47)79(90)84-75-63(11-5)77(88)55(9-3)35-69(75)67-39-61(86)21-25-71(67)83(72-26-22-62(87)40-68(72)70-36-56(10-4)78(89)64(12-6)76(70)85-80(91)58-18-14-16-48(8-2)34-58)73-37-59(81-41-49-27-50(42-81)29-51(28-49)43-81)19-23-65(73)66-24-20-60(38-74(66)83)82-44-52-30-53(45-82)32-54(31-52)46-82/h1-6,13-26,33-40,49-54,86-89H,27-32,41-46H2,(H,84,90)(H,85,91). The summed E-state index contributed by atoms with van der Waals surface area (Å²) in [5.74, 6) is 17.3. The Morgan fingerprint density at radius 3 is 1.10 bits per heavy atom. The zero-order chi connectivity index (χ0) is 62.8. The molecule has 8 nitrogen and oxygen atoms in total. The summed E-state index contributed by atoms with van der Waals surface area (Å²) in [5.41, 5.74) is 8.36. The van der Waals surface area contributed by atoms with E-state index in [9.17, 15) is 30.0 Å². The molecule has 8 fully saturated rings. The molecule has 0 aromatic heterocycles. The molecule has 8 heteroatoms. The molecule has 91 heavy (non-hydrogen) atoms. The second-order valence-electron chi connectivity index (χ2n) is 27.2. The zero-order valence-electron chi connectivity index (χ0n) is 50.2. The molecule has 0 heterocycles. The maximum absolute atomic E-state index is 14.9. The lowest BCUT2D eigenvalue weighted by Gasteiger charge is -2.57. The number of fused-ring (bicyclic) bond motifs is 3. The highest BCUT2D eigenvalue weighted by atomic mass is 16.3. The van der Waals surface area contributed by atoms with E-state index in [1.54, 1.807) is 84.9 Å². The lowest BCUT2D eigenvalue weighted by molar-refractivity contribution is -0.00530. The summed E-state index contributed by atoms with van der Waals surface area (Å²) in [7, 11) is 0. The number of phenols is 4. The number of anilines is 2. The van der Waals surface area contributed by atoms with Crippen LogP contribution < -0.4 is 10.6 Å². The topological polar surface area (TPSA) is 139 Å². The van der Waals surface area contributed by atoms with Crippen molar-refractivity contribution in [1.29, 1.82) is 0 Å². The van der Waals surface area contributed by atoms with Gasteiger partial charge in [0.1, 0.15) is 23.0 Å². The van der Waals surface area contributed by atoms with Crippen molar-refractivity contribution in [3.05, 3.63) is 211 Å². The Morgan fingerprint density at radius 1 is 0.385 bits per heavy atom. The molecule has 9 aliphatic rings. The quantitative estimate of drug-likeness (QED) is 0.0754. The van der Waals surface area contributed by atoms with Crippen molar-refractivity contribution in [3.63, 3.8) is 0 Å². The third-order valence-electron chi connectivity index (χ3n) is 22.1. The number of terminal acetylenes is 6. The number of phenolic OH excluding ortho intramolecular Hbond substituents is 4. The van der Waals surface area contributed by atoms with E-state index in [-0.39, 0.29) is 78.2 Å². The first-order chi connectivity index (χ1) is 44.1. The molecule has 0 spiro atoms. The monoisotopic (exact) mass is 1180 g/mol. The molecule has 0 saturated heterocycles. The fourth-order valence-corrected chi connectivity index (χ4v) is 19.2. The second kappa shape index (κ2) is 21.2. The Hall–Kier alpha value is -10.7. The molecule has 0 aliphatic heterocycles. The molecule has 0 unspecified atom stereocenters. The van der Waals surface area contributed by atoms with E-state index in [2.05, 4.69) is 82.6 Å². The van der Waals surface area contributed by atoms with Gasteiger partial charge in [-0.3, -0.25) is 9.59 Å². The fourth-order valence-electron chi connectivity index (χ4n) is 19.2. The van der Waals surface area contributed by atoms with Gasteiger partial charge in [0.25, 0.3) is 11.8 Å². The zero-order valence-corrected chi connectivity index (χ0v) is 50.2. The third-order valence-corrected chi connectivity index (χ3v) is 22.1. The fraction of sp³-hybridized carbons (Fsp3) is 0.253. The van der Waals surface area contributed by atoms with Crippen LogP contribution in [0.5, 0.6) is 23.0 Å². The number of hydrogen-bond donors (Lipinski definition) is 6. The summed E-state index contributed by atoms with van der Waals surface area (Å²) in [6.45, 7) is 0. The van der Waals surface area contributed by atoms with Crippen molar-refractivity contribution < 1.29 is 30.0 Å². The number of carbonyl (C=O) groups is 2. The molecule has 8 aromatic rings. The first kappa shape index (κ1) is 56.7. The maximum Gasteiger partial charge on any atom is 0.255 e. The molecule has 17 rings (SSSR count). The van der Waals surface area contributed by atoms with Gasteiger partial charge in [0.15, 0.2) is 0 Å². The summed E-state index contributed by atoms with van der Waals surface area (Å²) in [6, 6.07) is 41.0. The van der Waals surface area contributed by atoms with Crippen LogP contribution in [0.15, 0.2) is 133 Å². The third kappa shape index (κ3) is 8.85. The van der Waals surface area contributed by atoms with Gasteiger partial charge in [0, 0.05) is 33.4 Å². The number of amides is 2. The second-order valence-corrected chi connectivity index (χ2v) is 27.2. The van der Waals surface area contributed by atoms with E-state index < -0.39 is 28.7 Å². The van der Waals surface area contributed by atoms with Gasteiger partial charge in [0.2, 0.25) is 0 Å². The summed E-state index contributed by atoms with van der Waals surface area (Å²) in [5, 5.41) is 54.9. The Morgan fingerprint density at radius 2 is 0.758 bits per heavy atom. The average Bonchev–Trinajstić information content (AvgIpc) is 1.58. The van der Waals surface area contributed by atoms with Gasteiger partial charge >= 0.3 is 0 Å². The van der Waals surface area contributed by atoms with Crippen LogP contribution in [0.3, 0.4) is 0 Å². The van der Waals surface area contributed by atoms with Gasteiger partial charge in [0.05, 0.1) is 39.0 Å². The average molecular weight is 1190 g/mol. The van der Waals surface area contributed by atoms with Crippen LogP contribution in [0, 0.1) is 110 Å². The number of nitrogens with one attached hydrogen (secondary N) is 2. The van der Waals surface area contributed by atoms with E-state index in [0.29, 0.717) is 68.9 Å². The van der Waals surface area contributed by atoms with Gasteiger partial charge in [-0.15, -0.1) is 38.5 Å². The largest absolute Gasteiger partial charge is 0.508 e. The number of rotatable bonds is 10. The normalized spacial score (nSPS) is 23.7. The molecule has 0 radical (unpaired) electrons. The Balaban J connectivity index is 1.09. The van der Waals surface area contributed by atoms with Gasteiger partial charge < -0.3 is 31.1 Å². The van der Waals surface area contributed by atoms with E-state index in [0.717, 1.165) is 60.8 Å². The highest BCUT2D eigenvalue weighted by Crippen LogP contribution is 2.67. The molecular formula is C83H64N2O6. The number of aromatic hydroxyl groups is 4. The number of benzene rings is 8. The molecule has 442 valence electrons. The summed E-state index contributed by atoms with van der Waals surface area (Å²) in [4.78, 5) is 29.8. The van der Waals surface area contributed by atoms with Crippen LogP contribution in [-0.2, 0) is 16.2 Å². The predicted octanol–water partition coefficient (Wildman–Crippen LogP) is 15.5. The van der Waals surface area contributed by atoms with Crippen LogP contribution in [0.25, 0.3) is 33.4 Å². The molecule has 9 aliphatic carbocycles. The Bertz CT molecular complexity index is 4430. The summed E-state index contributed by atoms with van der Waals surface area (Å²) in [6.07, 6.45) is 51.1. The highest BCUT2D eigenvalue weighted by molar-refractivity contribution is 6.10. The minimum absolute atomic E-state index is 0.0326. The maximum atomic E-state index is 14.9. The van der Waals surface area contributed by atoms with Gasteiger partial charge in [-0.1, -0.05) is 96.2 Å². The molecule has 8 saturated carbocycles. The van der Waals surface area contributed by atoms with Crippen LogP contribution in [0.2, 0.25) is 0 Å². The molecule has 8 aromatic carbocycles. The smallest absolute Gasteiger partial charge is 0.255 e. The Labute approximate surface area is 531 Å². The van der Waals surface area contributed by atoms with Crippen molar-refractivity contribution in [1.82, 2.24) is 0 Å². The van der Waals surface area contributed by atoms with Crippen molar-refractivity contribution in [2.24, 2.45) is 35.5 Å². The Kier molecular flexibility index (Phi) is 13.2. The summed E-state index contributed by atoms with van der Waals surface area (Å²) < 4.78 is 0.